The molecule has 0 aliphatic heterocycles. The molecule has 0 aromatic rings. The summed E-state index contributed by atoms with van der Waals surface area (Å²) in [6, 6.07) is 0.338. The zero-order chi connectivity index (χ0) is 13.3. The second-order valence-electron chi connectivity index (χ2n) is 5.43. The molecule has 0 fully saturated rings. The molecule has 0 radical (unpaired) electrons. The SMILES string of the molecule is CCCC(OCC)C(CC#CC(C)(C)C)NC. The zero-order valence-electron chi connectivity index (χ0n) is 12.4. The van der Waals surface area contributed by atoms with Gasteiger partial charge in [0.1, 0.15) is 0 Å². The van der Waals surface area contributed by atoms with Crippen LogP contribution in [0.25, 0.3) is 0 Å². The van der Waals surface area contributed by atoms with Crippen LogP contribution in [0.2, 0.25) is 0 Å². The lowest BCUT2D eigenvalue weighted by Gasteiger charge is -2.25. The summed E-state index contributed by atoms with van der Waals surface area (Å²) in [6.45, 7) is 11.4. The van der Waals surface area contributed by atoms with Crippen molar-refractivity contribution in [2.45, 2.75) is 66.0 Å². The van der Waals surface area contributed by atoms with Crippen LogP contribution in [0.15, 0.2) is 0 Å². The first-order chi connectivity index (χ1) is 7.94. The van der Waals surface area contributed by atoms with Crippen molar-refractivity contribution in [1.82, 2.24) is 5.32 Å². The maximum Gasteiger partial charge on any atom is 0.0737 e. The predicted molar refractivity (Wildman–Crippen MR) is 75.0 cm³/mol. The lowest BCUT2D eigenvalue weighted by Crippen LogP contribution is -2.39. The Kier molecular flexibility index (Phi) is 8.29. The Morgan fingerprint density at radius 1 is 1.24 bits per heavy atom. The van der Waals surface area contributed by atoms with Gasteiger partial charge in [-0.1, -0.05) is 19.3 Å². The molecule has 0 aliphatic rings. The molecule has 0 rings (SSSR count). The minimum absolute atomic E-state index is 0.0875. The van der Waals surface area contributed by atoms with Crippen molar-refractivity contribution >= 4 is 0 Å². The maximum absolute atomic E-state index is 5.79. The largest absolute Gasteiger partial charge is 0.377 e. The molecule has 17 heavy (non-hydrogen) atoms. The van der Waals surface area contributed by atoms with Crippen LogP contribution >= 0.6 is 0 Å². The molecule has 0 spiro atoms. The van der Waals surface area contributed by atoms with Gasteiger partial charge in [0.25, 0.3) is 0 Å². The smallest absolute Gasteiger partial charge is 0.0737 e. The fraction of sp³-hybridized carbons (Fsp3) is 0.867. The van der Waals surface area contributed by atoms with Crippen LogP contribution in [-0.4, -0.2) is 25.8 Å². The molecule has 2 nitrogen and oxygen atoms in total. The first-order valence-electron chi connectivity index (χ1n) is 6.73. The lowest BCUT2D eigenvalue weighted by molar-refractivity contribution is 0.0312. The second kappa shape index (κ2) is 8.55. The molecule has 2 heteroatoms. The highest BCUT2D eigenvalue weighted by molar-refractivity contribution is 5.09. The van der Waals surface area contributed by atoms with Gasteiger partial charge >= 0.3 is 0 Å². The first-order valence-corrected chi connectivity index (χ1v) is 6.73. The van der Waals surface area contributed by atoms with Crippen LogP contribution in [0.5, 0.6) is 0 Å². The van der Waals surface area contributed by atoms with Crippen LogP contribution in [-0.2, 0) is 4.74 Å². The van der Waals surface area contributed by atoms with Crippen molar-refractivity contribution in [2.24, 2.45) is 5.41 Å². The Morgan fingerprint density at radius 2 is 1.88 bits per heavy atom. The number of hydrogen-bond donors (Lipinski definition) is 1. The van der Waals surface area contributed by atoms with E-state index in [2.05, 4.69) is 51.8 Å². The summed E-state index contributed by atoms with van der Waals surface area (Å²) in [5.41, 5.74) is 0.0875. The van der Waals surface area contributed by atoms with Gasteiger partial charge < -0.3 is 10.1 Å². The van der Waals surface area contributed by atoms with E-state index in [1.165, 1.54) is 0 Å². The topological polar surface area (TPSA) is 21.3 Å². The van der Waals surface area contributed by atoms with E-state index in [9.17, 15) is 0 Å². The van der Waals surface area contributed by atoms with E-state index in [0.29, 0.717) is 6.04 Å². The van der Waals surface area contributed by atoms with Crippen molar-refractivity contribution in [3.05, 3.63) is 0 Å². The number of hydrogen-bond acceptors (Lipinski definition) is 2. The monoisotopic (exact) mass is 239 g/mol. The third-order valence-electron chi connectivity index (χ3n) is 2.56. The maximum atomic E-state index is 5.79. The van der Waals surface area contributed by atoms with Gasteiger partial charge in [0.05, 0.1) is 6.10 Å². The average molecular weight is 239 g/mol. The Morgan fingerprint density at radius 3 is 2.29 bits per heavy atom. The Balaban J connectivity index is 4.40. The Bertz CT molecular complexity index is 238. The number of ether oxygens (including phenoxy) is 1. The van der Waals surface area contributed by atoms with Gasteiger partial charge in [-0.3, -0.25) is 0 Å². The molecule has 1 N–H and O–H groups in total. The molecule has 2 atom stereocenters. The Hall–Kier alpha value is -0.520. The van der Waals surface area contributed by atoms with Crippen LogP contribution in [0.3, 0.4) is 0 Å². The highest BCUT2D eigenvalue weighted by Crippen LogP contribution is 2.12. The van der Waals surface area contributed by atoms with Crippen molar-refractivity contribution < 1.29 is 4.74 Å². The third kappa shape index (κ3) is 8.24. The summed E-state index contributed by atoms with van der Waals surface area (Å²) < 4.78 is 5.79. The lowest BCUT2D eigenvalue weighted by atomic mass is 9.96. The molecule has 0 aromatic heterocycles. The van der Waals surface area contributed by atoms with Gasteiger partial charge in [-0.25, -0.2) is 0 Å². The van der Waals surface area contributed by atoms with Crippen LogP contribution in [0, 0.1) is 17.3 Å². The summed E-state index contributed by atoms with van der Waals surface area (Å²) >= 11 is 0. The summed E-state index contributed by atoms with van der Waals surface area (Å²) in [7, 11) is 1.99. The van der Waals surface area contributed by atoms with Crippen molar-refractivity contribution in [2.75, 3.05) is 13.7 Å². The van der Waals surface area contributed by atoms with E-state index in [0.717, 1.165) is 25.9 Å². The average Bonchev–Trinajstić information content (AvgIpc) is 2.23. The summed E-state index contributed by atoms with van der Waals surface area (Å²) in [5, 5.41) is 3.33. The zero-order valence-corrected chi connectivity index (χ0v) is 12.4. The fourth-order valence-electron chi connectivity index (χ4n) is 1.74. The molecule has 0 heterocycles. The molecular weight excluding hydrogens is 210 g/mol. The molecule has 0 bridgehead atoms. The number of nitrogens with one attached hydrogen (secondary N) is 1. The Labute approximate surface area is 108 Å². The van der Waals surface area contributed by atoms with Crippen molar-refractivity contribution in [1.29, 1.82) is 0 Å². The van der Waals surface area contributed by atoms with Gasteiger partial charge in [0, 0.05) is 24.5 Å². The van der Waals surface area contributed by atoms with E-state index in [4.69, 9.17) is 4.74 Å². The minimum atomic E-state index is 0.0875. The van der Waals surface area contributed by atoms with Gasteiger partial charge in [0.2, 0.25) is 0 Å². The molecule has 0 aliphatic carbocycles. The van der Waals surface area contributed by atoms with Crippen molar-refractivity contribution in [3.8, 4) is 11.8 Å². The van der Waals surface area contributed by atoms with Gasteiger partial charge in [-0.15, -0.1) is 5.92 Å². The third-order valence-corrected chi connectivity index (χ3v) is 2.56. The molecule has 2 unspecified atom stereocenters. The summed E-state index contributed by atoms with van der Waals surface area (Å²) in [6.07, 6.45) is 3.38. The molecule has 0 amide bonds. The van der Waals surface area contributed by atoms with E-state index >= 15 is 0 Å². The first kappa shape index (κ1) is 16.5. The van der Waals surface area contributed by atoms with Crippen LogP contribution in [0.4, 0.5) is 0 Å². The minimum Gasteiger partial charge on any atom is -0.377 e. The molecule has 0 saturated heterocycles. The van der Waals surface area contributed by atoms with E-state index in [1.54, 1.807) is 0 Å². The molecular formula is C15H29NO. The summed E-state index contributed by atoms with van der Waals surface area (Å²) in [5.74, 6) is 6.56. The quantitative estimate of drug-likeness (QED) is 0.689. The standard InChI is InChI=1S/C15H29NO/c1-7-10-14(17-8-2)13(16-6)11-9-12-15(3,4)5/h13-14,16H,7-8,10-11H2,1-6H3. The van der Waals surface area contributed by atoms with Gasteiger partial charge in [0.15, 0.2) is 0 Å². The number of likely N-dealkylation sites (N-methyl/N-ethyl adjacent to an activating group) is 1. The van der Waals surface area contributed by atoms with E-state index in [-0.39, 0.29) is 11.5 Å². The predicted octanol–water partition coefficient (Wildman–Crippen LogP) is 3.22. The fourth-order valence-corrected chi connectivity index (χ4v) is 1.74. The second-order valence-corrected chi connectivity index (χ2v) is 5.43. The highest BCUT2D eigenvalue weighted by atomic mass is 16.5. The summed E-state index contributed by atoms with van der Waals surface area (Å²) in [4.78, 5) is 0. The highest BCUT2D eigenvalue weighted by Gasteiger charge is 2.18. The number of rotatable bonds is 7. The van der Waals surface area contributed by atoms with Crippen LogP contribution in [0.1, 0.15) is 53.9 Å². The normalized spacial score (nSPS) is 14.9. The molecule has 100 valence electrons. The van der Waals surface area contributed by atoms with Gasteiger partial charge in [-0.2, -0.15) is 0 Å². The molecule has 0 saturated carbocycles. The van der Waals surface area contributed by atoms with E-state index in [1.807, 2.05) is 7.05 Å². The van der Waals surface area contributed by atoms with Crippen LogP contribution < -0.4 is 5.32 Å². The van der Waals surface area contributed by atoms with Crippen molar-refractivity contribution in [3.63, 3.8) is 0 Å². The molecule has 0 aromatic carbocycles. The van der Waals surface area contributed by atoms with E-state index < -0.39 is 0 Å². The van der Waals surface area contributed by atoms with Gasteiger partial charge in [-0.05, 0) is 41.2 Å².